The zero-order valence-corrected chi connectivity index (χ0v) is 20.6. The van der Waals surface area contributed by atoms with E-state index in [0.29, 0.717) is 24.5 Å². The van der Waals surface area contributed by atoms with Gasteiger partial charge in [-0.2, -0.15) is 0 Å². The van der Waals surface area contributed by atoms with Crippen LogP contribution in [0, 0.1) is 12.8 Å². The molecule has 0 bridgehead atoms. The second-order valence-electron chi connectivity index (χ2n) is 7.64. The molecule has 1 aliphatic heterocycles. The molecule has 2 unspecified atom stereocenters. The number of ether oxygens (including phenoxy) is 1. The normalized spacial score (nSPS) is 20.5. The number of rotatable bonds is 9. The lowest BCUT2D eigenvalue weighted by Crippen LogP contribution is -2.47. The lowest BCUT2D eigenvalue weighted by atomic mass is 10.1. The maximum Gasteiger partial charge on any atom is 0.191 e. The topological polar surface area (TPSA) is 79.6 Å². The Labute approximate surface area is 186 Å². The summed E-state index contributed by atoms with van der Waals surface area (Å²) in [7, 11) is 1.97. The van der Waals surface area contributed by atoms with E-state index in [1.165, 1.54) is 0 Å². The number of aryl methyl sites for hydroxylation is 1. The molecule has 1 saturated heterocycles. The third-order valence-electron chi connectivity index (χ3n) is 5.22. The van der Waals surface area contributed by atoms with Gasteiger partial charge in [-0.1, -0.05) is 6.92 Å². The first kappa shape index (κ1) is 25.1. The summed E-state index contributed by atoms with van der Waals surface area (Å²) in [5.41, 5.74) is 0. The third kappa shape index (κ3) is 7.47. The fourth-order valence-corrected chi connectivity index (χ4v) is 3.21. The van der Waals surface area contributed by atoms with Gasteiger partial charge in [0.15, 0.2) is 11.8 Å². The molecule has 8 nitrogen and oxygen atoms in total. The minimum Gasteiger partial charge on any atom is -0.382 e. The SMILES string of the molecule is CCOCCCNC(=NCc1nnc(C)n1C)NC1CN(C(C)C)CC1C.I. The third-order valence-corrected chi connectivity index (χ3v) is 5.22. The maximum atomic E-state index is 5.43. The summed E-state index contributed by atoms with van der Waals surface area (Å²) in [6, 6.07) is 0.965. The smallest absolute Gasteiger partial charge is 0.191 e. The van der Waals surface area contributed by atoms with Crippen LogP contribution in [0.3, 0.4) is 0 Å². The van der Waals surface area contributed by atoms with Crippen LogP contribution >= 0.6 is 24.0 Å². The Bertz CT molecular complexity index is 605. The molecule has 1 fully saturated rings. The summed E-state index contributed by atoms with van der Waals surface area (Å²) in [5.74, 6) is 3.19. The molecule has 2 N–H and O–H groups in total. The molecule has 0 aromatic carbocycles. The first-order valence-corrected chi connectivity index (χ1v) is 10.1. The minimum atomic E-state index is 0. The van der Waals surface area contributed by atoms with Gasteiger partial charge in [-0.05, 0) is 40.0 Å². The first-order chi connectivity index (χ1) is 12.9. The predicted octanol–water partition coefficient (Wildman–Crippen LogP) is 1.93. The highest BCUT2D eigenvalue weighted by atomic mass is 127. The van der Waals surface area contributed by atoms with Gasteiger partial charge in [0.1, 0.15) is 12.4 Å². The van der Waals surface area contributed by atoms with Crippen molar-refractivity contribution < 1.29 is 4.74 Å². The average Bonchev–Trinajstić information content (AvgIpc) is 3.16. The Morgan fingerprint density at radius 3 is 2.64 bits per heavy atom. The van der Waals surface area contributed by atoms with E-state index in [2.05, 4.69) is 46.5 Å². The minimum absolute atomic E-state index is 0. The number of aromatic nitrogens is 3. The van der Waals surface area contributed by atoms with Gasteiger partial charge >= 0.3 is 0 Å². The van der Waals surface area contributed by atoms with Crippen molar-refractivity contribution in [1.29, 1.82) is 0 Å². The van der Waals surface area contributed by atoms with Crippen molar-refractivity contribution in [2.75, 3.05) is 32.8 Å². The number of halogens is 1. The highest BCUT2D eigenvalue weighted by molar-refractivity contribution is 14.0. The molecule has 0 saturated carbocycles. The lowest BCUT2D eigenvalue weighted by Gasteiger charge is -2.22. The van der Waals surface area contributed by atoms with Gasteiger partial charge in [0, 0.05) is 52.0 Å². The molecule has 2 heterocycles. The van der Waals surface area contributed by atoms with E-state index in [4.69, 9.17) is 9.73 Å². The highest BCUT2D eigenvalue weighted by Crippen LogP contribution is 2.18. The molecule has 1 aromatic rings. The molecule has 9 heteroatoms. The van der Waals surface area contributed by atoms with Gasteiger partial charge < -0.3 is 19.9 Å². The summed E-state index contributed by atoms with van der Waals surface area (Å²) >= 11 is 0. The van der Waals surface area contributed by atoms with Crippen LogP contribution in [0.25, 0.3) is 0 Å². The Balaban J connectivity index is 0.00000392. The molecule has 0 amide bonds. The Kier molecular flexibility index (Phi) is 11.3. The van der Waals surface area contributed by atoms with Gasteiger partial charge in [-0.25, -0.2) is 4.99 Å². The van der Waals surface area contributed by atoms with Crippen molar-refractivity contribution >= 4 is 29.9 Å². The molecule has 28 heavy (non-hydrogen) atoms. The molecule has 1 aromatic heterocycles. The maximum absolute atomic E-state index is 5.43. The monoisotopic (exact) mass is 507 g/mol. The van der Waals surface area contributed by atoms with Crippen LogP contribution in [0.1, 0.15) is 45.8 Å². The number of nitrogens with one attached hydrogen (secondary N) is 2. The predicted molar refractivity (Wildman–Crippen MR) is 124 cm³/mol. The summed E-state index contributed by atoms with van der Waals surface area (Å²) in [4.78, 5) is 7.28. The number of aliphatic imine (C=N–C) groups is 1. The van der Waals surface area contributed by atoms with E-state index in [9.17, 15) is 0 Å². The van der Waals surface area contributed by atoms with Gasteiger partial charge in [0.05, 0.1) is 0 Å². The molecule has 1 aliphatic rings. The summed E-state index contributed by atoms with van der Waals surface area (Å²) in [6.45, 7) is 15.8. The molecular weight excluding hydrogens is 469 g/mol. The van der Waals surface area contributed by atoms with E-state index in [0.717, 1.165) is 56.9 Å². The molecular formula is C19H38IN7O. The van der Waals surface area contributed by atoms with Crippen molar-refractivity contribution in [3.63, 3.8) is 0 Å². The fourth-order valence-electron chi connectivity index (χ4n) is 3.21. The van der Waals surface area contributed by atoms with Crippen LogP contribution in [-0.2, 0) is 18.3 Å². The second kappa shape index (κ2) is 12.6. The zero-order valence-electron chi connectivity index (χ0n) is 18.2. The van der Waals surface area contributed by atoms with Crippen LogP contribution in [-0.4, -0.2) is 70.6 Å². The van der Waals surface area contributed by atoms with E-state index in [1.54, 1.807) is 0 Å². The van der Waals surface area contributed by atoms with E-state index < -0.39 is 0 Å². The van der Waals surface area contributed by atoms with E-state index >= 15 is 0 Å². The highest BCUT2D eigenvalue weighted by Gasteiger charge is 2.31. The average molecular weight is 507 g/mol. The molecule has 0 aliphatic carbocycles. The fraction of sp³-hybridized carbons (Fsp3) is 0.842. The number of guanidine groups is 1. The van der Waals surface area contributed by atoms with Crippen LogP contribution < -0.4 is 10.6 Å². The van der Waals surface area contributed by atoms with Crippen molar-refractivity contribution in [2.24, 2.45) is 18.0 Å². The van der Waals surface area contributed by atoms with Gasteiger partial charge in [0.2, 0.25) is 0 Å². The number of likely N-dealkylation sites (tertiary alicyclic amines) is 1. The quantitative estimate of drug-likeness (QED) is 0.230. The Hall–Kier alpha value is -0.940. The summed E-state index contributed by atoms with van der Waals surface area (Å²) in [6.07, 6.45) is 0.954. The Morgan fingerprint density at radius 2 is 2.07 bits per heavy atom. The largest absolute Gasteiger partial charge is 0.382 e. The second-order valence-corrected chi connectivity index (χ2v) is 7.64. The number of nitrogens with zero attached hydrogens (tertiary/aromatic N) is 5. The summed E-state index contributed by atoms with van der Waals surface area (Å²) < 4.78 is 7.41. The van der Waals surface area contributed by atoms with E-state index in [1.807, 2.05) is 25.5 Å². The zero-order chi connectivity index (χ0) is 19.8. The molecule has 162 valence electrons. The number of hydrogen-bond acceptors (Lipinski definition) is 5. The van der Waals surface area contributed by atoms with Crippen LogP contribution in [0.5, 0.6) is 0 Å². The molecule has 0 spiro atoms. The van der Waals surface area contributed by atoms with Crippen LogP contribution in [0.2, 0.25) is 0 Å². The summed E-state index contributed by atoms with van der Waals surface area (Å²) in [5, 5.41) is 15.4. The van der Waals surface area contributed by atoms with Gasteiger partial charge in [-0.15, -0.1) is 34.2 Å². The van der Waals surface area contributed by atoms with E-state index in [-0.39, 0.29) is 24.0 Å². The first-order valence-electron chi connectivity index (χ1n) is 10.1. The lowest BCUT2D eigenvalue weighted by molar-refractivity contribution is 0.145. The molecule has 2 rings (SSSR count). The van der Waals surface area contributed by atoms with Crippen LogP contribution in [0.15, 0.2) is 4.99 Å². The van der Waals surface area contributed by atoms with Crippen molar-refractivity contribution in [3.05, 3.63) is 11.6 Å². The van der Waals surface area contributed by atoms with Crippen molar-refractivity contribution in [3.8, 4) is 0 Å². The van der Waals surface area contributed by atoms with Crippen LogP contribution in [0.4, 0.5) is 0 Å². The van der Waals surface area contributed by atoms with Gasteiger partial charge in [0.25, 0.3) is 0 Å². The van der Waals surface area contributed by atoms with Crippen molar-refractivity contribution in [2.45, 2.75) is 59.7 Å². The van der Waals surface area contributed by atoms with Crippen molar-refractivity contribution in [1.82, 2.24) is 30.3 Å². The molecule has 2 atom stereocenters. The number of hydrogen-bond donors (Lipinski definition) is 2. The Morgan fingerprint density at radius 1 is 1.32 bits per heavy atom. The molecule has 0 radical (unpaired) electrons. The standard InChI is InChI=1S/C19H37N7O.HI/c1-7-27-10-8-9-20-19(21-11-18-24-23-16(5)25(18)6)22-17-13-26(14(2)3)12-15(17)4;/h14-15,17H,7-13H2,1-6H3,(H2,20,21,22);1H. The van der Waals surface area contributed by atoms with Gasteiger partial charge in [-0.3, -0.25) is 4.90 Å².